The molecule has 2 rings (SSSR count). The van der Waals surface area contributed by atoms with E-state index in [9.17, 15) is 0 Å². The van der Waals surface area contributed by atoms with Crippen LogP contribution in [0.15, 0.2) is 28.4 Å². The summed E-state index contributed by atoms with van der Waals surface area (Å²) in [4.78, 5) is 0. The number of hydrogen-bond donors (Lipinski definition) is 0. The summed E-state index contributed by atoms with van der Waals surface area (Å²) in [5.41, 5.74) is 1.10. The monoisotopic (exact) mass is 194 g/mol. The van der Waals surface area contributed by atoms with Crippen LogP contribution >= 0.6 is 0 Å². The predicted molar refractivity (Wildman–Crippen MR) is 52.7 cm³/mol. The third-order valence-corrected chi connectivity index (χ3v) is 2.10. The van der Waals surface area contributed by atoms with Crippen LogP contribution in [0.5, 0.6) is 0 Å². The Hall–Kier alpha value is -1.06. The van der Waals surface area contributed by atoms with E-state index in [0.29, 0.717) is 13.2 Å². The molecule has 1 saturated heterocycles. The first-order valence-electron chi connectivity index (χ1n) is 4.67. The smallest absolute Gasteiger partial charge is 0.163 e. The van der Waals surface area contributed by atoms with E-state index in [4.69, 9.17) is 13.9 Å². The Morgan fingerprint density at radius 2 is 2.00 bits per heavy atom. The van der Waals surface area contributed by atoms with Gasteiger partial charge < -0.3 is 13.9 Å². The maximum atomic E-state index is 5.49. The van der Waals surface area contributed by atoms with Gasteiger partial charge in [0.15, 0.2) is 5.79 Å². The molecule has 0 radical (unpaired) electrons. The molecule has 0 unspecified atom stereocenters. The first-order chi connectivity index (χ1) is 6.66. The van der Waals surface area contributed by atoms with E-state index in [-0.39, 0.29) is 0 Å². The van der Waals surface area contributed by atoms with Crippen molar-refractivity contribution in [2.24, 2.45) is 0 Å². The van der Waals surface area contributed by atoms with Crippen molar-refractivity contribution in [3.63, 3.8) is 0 Å². The zero-order valence-electron chi connectivity index (χ0n) is 8.45. The molecule has 0 amide bonds. The fraction of sp³-hybridized carbons (Fsp3) is 0.455. The van der Waals surface area contributed by atoms with Crippen LogP contribution in [-0.2, 0) is 9.47 Å². The highest BCUT2D eigenvalue weighted by atomic mass is 16.7. The summed E-state index contributed by atoms with van der Waals surface area (Å²) in [7, 11) is 0. The van der Waals surface area contributed by atoms with Crippen molar-refractivity contribution in [3.05, 3.63) is 29.7 Å². The molecule has 76 valence electrons. The second-order valence-corrected chi connectivity index (χ2v) is 3.80. The molecule has 1 aromatic heterocycles. The number of rotatable bonds is 1. The molecular formula is C11H14O3. The van der Waals surface area contributed by atoms with Crippen LogP contribution in [-0.4, -0.2) is 19.0 Å². The third-order valence-electron chi connectivity index (χ3n) is 2.10. The molecule has 0 N–H and O–H groups in total. The van der Waals surface area contributed by atoms with Crippen LogP contribution in [0, 0.1) is 0 Å². The van der Waals surface area contributed by atoms with Crippen LogP contribution in [0.3, 0.4) is 0 Å². The summed E-state index contributed by atoms with van der Waals surface area (Å²) in [5.74, 6) is 0.382. The van der Waals surface area contributed by atoms with Crippen molar-refractivity contribution in [1.29, 1.82) is 0 Å². The SMILES string of the molecule is CC1(C)OCC(=Cc2ccco2)CO1. The molecule has 0 spiro atoms. The topological polar surface area (TPSA) is 31.6 Å². The third kappa shape index (κ3) is 2.25. The average molecular weight is 194 g/mol. The van der Waals surface area contributed by atoms with E-state index in [1.54, 1.807) is 6.26 Å². The predicted octanol–water partition coefficient (Wildman–Crippen LogP) is 2.45. The van der Waals surface area contributed by atoms with Crippen molar-refractivity contribution < 1.29 is 13.9 Å². The summed E-state index contributed by atoms with van der Waals surface area (Å²) in [6.07, 6.45) is 3.61. The van der Waals surface area contributed by atoms with E-state index < -0.39 is 5.79 Å². The molecule has 1 fully saturated rings. The zero-order valence-corrected chi connectivity index (χ0v) is 8.45. The van der Waals surface area contributed by atoms with Gasteiger partial charge in [0.2, 0.25) is 0 Å². The standard InChI is InChI=1S/C11H14O3/c1-11(2)13-7-9(8-14-11)6-10-4-3-5-12-10/h3-6H,7-8H2,1-2H3. The lowest BCUT2D eigenvalue weighted by Gasteiger charge is -2.31. The lowest BCUT2D eigenvalue weighted by atomic mass is 10.2. The van der Waals surface area contributed by atoms with Gasteiger partial charge in [0.05, 0.1) is 19.5 Å². The highest BCUT2D eigenvalue weighted by Crippen LogP contribution is 2.21. The molecule has 3 nitrogen and oxygen atoms in total. The largest absolute Gasteiger partial charge is 0.465 e. The molecule has 1 aliphatic heterocycles. The van der Waals surface area contributed by atoms with Gasteiger partial charge in [-0.25, -0.2) is 0 Å². The van der Waals surface area contributed by atoms with Gasteiger partial charge >= 0.3 is 0 Å². The summed E-state index contributed by atoms with van der Waals surface area (Å²) in [5, 5.41) is 0. The van der Waals surface area contributed by atoms with Crippen molar-refractivity contribution in [1.82, 2.24) is 0 Å². The van der Waals surface area contributed by atoms with Gasteiger partial charge in [0.1, 0.15) is 5.76 Å². The van der Waals surface area contributed by atoms with Crippen molar-refractivity contribution in [3.8, 4) is 0 Å². The lowest BCUT2D eigenvalue weighted by Crippen LogP contribution is -2.35. The van der Waals surface area contributed by atoms with E-state index in [0.717, 1.165) is 11.3 Å². The quantitative estimate of drug-likeness (QED) is 0.688. The highest BCUT2D eigenvalue weighted by molar-refractivity contribution is 5.47. The Morgan fingerprint density at radius 3 is 2.57 bits per heavy atom. The molecule has 0 saturated carbocycles. The molecule has 0 aliphatic carbocycles. The van der Waals surface area contributed by atoms with E-state index in [1.165, 1.54) is 0 Å². The Bertz CT molecular complexity index is 310. The van der Waals surface area contributed by atoms with Crippen LogP contribution in [0.2, 0.25) is 0 Å². The van der Waals surface area contributed by atoms with Gasteiger partial charge in [-0.2, -0.15) is 0 Å². The van der Waals surface area contributed by atoms with Gasteiger partial charge in [0.25, 0.3) is 0 Å². The van der Waals surface area contributed by atoms with Crippen LogP contribution in [0.4, 0.5) is 0 Å². The molecule has 1 aromatic rings. The summed E-state index contributed by atoms with van der Waals surface area (Å²) >= 11 is 0. The molecule has 1 aliphatic rings. The molecule has 0 bridgehead atoms. The number of furan rings is 1. The van der Waals surface area contributed by atoms with Crippen molar-refractivity contribution in [2.75, 3.05) is 13.2 Å². The van der Waals surface area contributed by atoms with Crippen LogP contribution in [0.25, 0.3) is 6.08 Å². The minimum atomic E-state index is -0.458. The van der Waals surface area contributed by atoms with Gasteiger partial charge in [-0.15, -0.1) is 0 Å². The van der Waals surface area contributed by atoms with Crippen LogP contribution < -0.4 is 0 Å². The molecule has 14 heavy (non-hydrogen) atoms. The molecule has 3 heteroatoms. The summed E-state index contributed by atoms with van der Waals surface area (Å²) in [6.45, 7) is 5.04. The average Bonchev–Trinajstić information content (AvgIpc) is 2.61. The highest BCUT2D eigenvalue weighted by Gasteiger charge is 2.24. The normalized spacial score (nSPS) is 20.9. The molecule has 0 atom stereocenters. The van der Waals surface area contributed by atoms with Crippen molar-refractivity contribution >= 4 is 6.08 Å². The Kier molecular flexibility index (Phi) is 2.44. The minimum Gasteiger partial charge on any atom is -0.465 e. The summed E-state index contributed by atoms with van der Waals surface area (Å²) in [6, 6.07) is 3.77. The van der Waals surface area contributed by atoms with Gasteiger partial charge in [-0.05, 0) is 37.6 Å². The Morgan fingerprint density at radius 1 is 1.29 bits per heavy atom. The van der Waals surface area contributed by atoms with E-state index >= 15 is 0 Å². The number of hydrogen-bond acceptors (Lipinski definition) is 3. The zero-order chi connectivity index (χ0) is 10.0. The second kappa shape index (κ2) is 3.59. The van der Waals surface area contributed by atoms with E-state index in [1.807, 2.05) is 32.1 Å². The lowest BCUT2D eigenvalue weighted by molar-refractivity contribution is -0.225. The van der Waals surface area contributed by atoms with E-state index in [2.05, 4.69) is 0 Å². The maximum absolute atomic E-state index is 5.49. The molecular weight excluding hydrogens is 180 g/mol. The van der Waals surface area contributed by atoms with Crippen LogP contribution in [0.1, 0.15) is 19.6 Å². The fourth-order valence-electron chi connectivity index (χ4n) is 1.27. The van der Waals surface area contributed by atoms with Gasteiger partial charge in [-0.1, -0.05) is 0 Å². The Balaban J connectivity index is 2.02. The minimum absolute atomic E-state index is 0.458. The van der Waals surface area contributed by atoms with Gasteiger partial charge in [-0.3, -0.25) is 0 Å². The first-order valence-corrected chi connectivity index (χ1v) is 4.67. The first kappa shape index (κ1) is 9.49. The second-order valence-electron chi connectivity index (χ2n) is 3.80. The maximum Gasteiger partial charge on any atom is 0.163 e. The molecule has 0 aromatic carbocycles. The Labute approximate surface area is 83.3 Å². The molecule has 2 heterocycles. The summed E-state index contributed by atoms with van der Waals surface area (Å²) < 4.78 is 16.2. The fourth-order valence-corrected chi connectivity index (χ4v) is 1.27. The van der Waals surface area contributed by atoms with Gasteiger partial charge in [0, 0.05) is 0 Å². The number of ether oxygens (including phenoxy) is 2. The van der Waals surface area contributed by atoms with Crippen molar-refractivity contribution in [2.45, 2.75) is 19.6 Å².